The highest BCUT2D eigenvalue weighted by molar-refractivity contribution is 7.91. The van der Waals surface area contributed by atoms with Crippen molar-refractivity contribution in [3.8, 4) is 10.8 Å². The molecule has 4 rings (SSSR count). The quantitative estimate of drug-likeness (QED) is 0.689. The van der Waals surface area contributed by atoms with Gasteiger partial charge in [0.15, 0.2) is 0 Å². The minimum absolute atomic E-state index is 0.0533. The van der Waals surface area contributed by atoms with E-state index in [9.17, 15) is 8.42 Å². The summed E-state index contributed by atoms with van der Waals surface area (Å²) in [7, 11) is -3.79. The van der Waals surface area contributed by atoms with Crippen LogP contribution < -0.4 is 5.32 Å². The van der Waals surface area contributed by atoms with Crippen LogP contribution in [-0.2, 0) is 14.6 Å². The van der Waals surface area contributed by atoms with Gasteiger partial charge in [0.05, 0.1) is 15.9 Å². The Balaban J connectivity index is 1.71. The third kappa shape index (κ3) is 3.40. The van der Waals surface area contributed by atoms with Crippen LogP contribution >= 0.6 is 11.3 Å². The zero-order valence-corrected chi connectivity index (χ0v) is 15.6. The van der Waals surface area contributed by atoms with E-state index in [-0.39, 0.29) is 21.9 Å². The summed E-state index contributed by atoms with van der Waals surface area (Å²) in [6.45, 7) is 1.22. The minimum Gasteiger partial charge on any atom is -0.418 e. The maximum atomic E-state index is 13.0. The van der Waals surface area contributed by atoms with Crippen LogP contribution in [0.5, 0.6) is 0 Å². The van der Waals surface area contributed by atoms with E-state index in [2.05, 4.69) is 10.3 Å². The number of benzene rings is 1. The highest BCUT2D eigenvalue weighted by atomic mass is 32.2. The van der Waals surface area contributed by atoms with Gasteiger partial charge in [-0.05, 0) is 36.4 Å². The van der Waals surface area contributed by atoms with Crippen LogP contribution in [-0.4, -0.2) is 32.7 Å². The molecule has 136 valence electrons. The Morgan fingerprint density at radius 3 is 2.73 bits per heavy atom. The number of thiophene rings is 1. The van der Waals surface area contributed by atoms with E-state index in [1.165, 1.54) is 11.3 Å². The minimum atomic E-state index is -3.79. The van der Waals surface area contributed by atoms with Crippen LogP contribution in [0.1, 0.15) is 12.8 Å². The lowest BCUT2D eigenvalue weighted by molar-refractivity contribution is 0.120. The summed E-state index contributed by atoms with van der Waals surface area (Å²) in [5, 5.41) is 4.89. The fourth-order valence-electron chi connectivity index (χ4n) is 2.83. The van der Waals surface area contributed by atoms with Crippen molar-refractivity contribution >= 4 is 27.1 Å². The van der Waals surface area contributed by atoms with Gasteiger partial charge in [-0.1, -0.05) is 24.3 Å². The Hall–Kier alpha value is -2.16. The number of hydrogen-bond acceptors (Lipinski definition) is 7. The standard InChI is InChI=1S/C18H18N2O4S2/c21-26(22,14-7-2-1-3-8-14)18-17(19-12-13-6-4-10-23-13)24-16(20-18)15-9-5-11-25-15/h1-3,5,7-9,11,13,19H,4,6,10,12H2/t13-/m0/s1. The van der Waals surface area contributed by atoms with E-state index in [1.54, 1.807) is 30.3 Å². The molecule has 1 aliphatic heterocycles. The van der Waals surface area contributed by atoms with Crippen LogP contribution in [0.3, 0.4) is 0 Å². The molecule has 3 aromatic rings. The number of anilines is 1. The molecule has 1 atom stereocenters. The first-order chi connectivity index (χ1) is 12.6. The number of rotatable bonds is 6. The van der Waals surface area contributed by atoms with Gasteiger partial charge in [0.2, 0.25) is 26.6 Å². The topological polar surface area (TPSA) is 81.4 Å². The lowest BCUT2D eigenvalue weighted by Crippen LogP contribution is -2.19. The molecule has 0 unspecified atom stereocenters. The lowest BCUT2D eigenvalue weighted by atomic mass is 10.2. The van der Waals surface area contributed by atoms with Gasteiger partial charge in [-0.25, -0.2) is 8.42 Å². The van der Waals surface area contributed by atoms with Crippen LogP contribution in [0.4, 0.5) is 5.88 Å². The molecule has 8 heteroatoms. The summed E-state index contributed by atoms with van der Waals surface area (Å²) in [4.78, 5) is 5.26. The number of ether oxygens (including phenoxy) is 1. The van der Waals surface area contributed by atoms with Crippen LogP contribution in [0.2, 0.25) is 0 Å². The van der Waals surface area contributed by atoms with Gasteiger partial charge in [-0.3, -0.25) is 0 Å². The zero-order valence-electron chi connectivity index (χ0n) is 13.9. The Morgan fingerprint density at radius 1 is 1.19 bits per heavy atom. The molecule has 2 aromatic heterocycles. The van der Waals surface area contributed by atoms with E-state index < -0.39 is 9.84 Å². The van der Waals surface area contributed by atoms with Gasteiger partial charge >= 0.3 is 0 Å². The third-order valence-electron chi connectivity index (χ3n) is 4.15. The zero-order chi connectivity index (χ0) is 18.0. The molecular weight excluding hydrogens is 372 g/mol. The highest BCUT2D eigenvalue weighted by Gasteiger charge is 2.29. The summed E-state index contributed by atoms with van der Waals surface area (Å²) >= 11 is 1.44. The molecule has 1 saturated heterocycles. The van der Waals surface area contributed by atoms with Crippen molar-refractivity contribution in [2.75, 3.05) is 18.5 Å². The molecule has 0 radical (unpaired) electrons. The molecule has 1 aromatic carbocycles. The first-order valence-electron chi connectivity index (χ1n) is 8.35. The smallest absolute Gasteiger partial charge is 0.240 e. The first kappa shape index (κ1) is 17.3. The molecule has 3 heterocycles. The van der Waals surface area contributed by atoms with Crippen LogP contribution in [0, 0.1) is 0 Å². The van der Waals surface area contributed by atoms with Gasteiger partial charge in [-0.2, -0.15) is 4.98 Å². The summed E-state index contributed by atoms with van der Waals surface area (Å²) in [6.07, 6.45) is 2.01. The van der Waals surface area contributed by atoms with E-state index in [4.69, 9.17) is 9.15 Å². The predicted octanol–water partition coefficient (Wildman–Crippen LogP) is 3.83. The highest BCUT2D eigenvalue weighted by Crippen LogP contribution is 2.34. The third-order valence-corrected chi connectivity index (χ3v) is 6.69. The van der Waals surface area contributed by atoms with Gasteiger partial charge < -0.3 is 14.5 Å². The second-order valence-corrected chi connectivity index (χ2v) is 8.78. The normalized spacial score (nSPS) is 17.5. The number of oxazole rings is 1. The molecule has 1 N–H and O–H groups in total. The molecular formula is C18H18N2O4S2. The van der Waals surface area contributed by atoms with Crippen molar-refractivity contribution in [1.82, 2.24) is 4.98 Å². The molecule has 0 aliphatic carbocycles. The maximum Gasteiger partial charge on any atom is 0.240 e. The average molecular weight is 390 g/mol. The number of hydrogen-bond donors (Lipinski definition) is 1. The fourth-order valence-corrected chi connectivity index (χ4v) is 4.78. The Morgan fingerprint density at radius 2 is 2.04 bits per heavy atom. The van der Waals surface area contributed by atoms with Crippen LogP contribution in [0.25, 0.3) is 10.8 Å². The van der Waals surface area contributed by atoms with Gasteiger partial charge in [0.25, 0.3) is 0 Å². The predicted molar refractivity (Wildman–Crippen MR) is 99.2 cm³/mol. The van der Waals surface area contributed by atoms with Crippen LogP contribution in [0.15, 0.2) is 62.2 Å². The number of aromatic nitrogens is 1. The Bertz CT molecular complexity index is 960. The molecule has 26 heavy (non-hydrogen) atoms. The van der Waals surface area contributed by atoms with Gasteiger partial charge in [0.1, 0.15) is 0 Å². The SMILES string of the molecule is O=S(=O)(c1ccccc1)c1nc(-c2cccs2)oc1NC[C@@H]1CCCO1. The van der Waals surface area contributed by atoms with E-state index in [0.29, 0.717) is 12.4 Å². The van der Waals surface area contributed by atoms with E-state index in [1.807, 2.05) is 17.5 Å². The maximum absolute atomic E-state index is 13.0. The summed E-state index contributed by atoms with van der Waals surface area (Å²) in [5.74, 6) is 0.456. The molecule has 0 saturated carbocycles. The largest absolute Gasteiger partial charge is 0.418 e. The summed E-state index contributed by atoms with van der Waals surface area (Å²) < 4.78 is 37.5. The van der Waals surface area contributed by atoms with E-state index in [0.717, 1.165) is 24.3 Å². The van der Waals surface area contributed by atoms with Crippen molar-refractivity contribution in [2.24, 2.45) is 0 Å². The second kappa shape index (κ2) is 7.22. The number of nitrogens with zero attached hydrogens (tertiary/aromatic N) is 1. The lowest BCUT2D eigenvalue weighted by Gasteiger charge is -2.10. The molecule has 1 aliphatic rings. The Labute approximate surface area is 155 Å². The monoisotopic (exact) mass is 390 g/mol. The van der Waals surface area contributed by atoms with Crippen molar-refractivity contribution in [3.63, 3.8) is 0 Å². The molecule has 0 amide bonds. The van der Waals surface area contributed by atoms with Crippen molar-refractivity contribution in [3.05, 3.63) is 47.8 Å². The second-order valence-electron chi connectivity index (χ2n) is 5.96. The van der Waals surface area contributed by atoms with Crippen molar-refractivity contribution in [1.29, 1.82) is 0 Å². The number of sulfone groups is 1. The van der Waals surface area contributed by atoms with Gasteiger partial charge in [0, 0.05) is 13.2 Å². The molecule has 6 nitrogen and oxygen atoms in total. The Kier molecular flexibility index (Phi) is 4.80. The van der Waals surface area contributed by atoms with Gasteiger partial charge in [-0.15, -0.1) is 11.3 Å². The van der Waals surface area contributed by atoms with E-state index >= 15 is 0 Å². The number of nitrogens with one attached hydrogen (secondary N) is 1. The molecule has 1 fully saturated rings. The van der Waals surface area contributed by atoms with Crippen molar-refractivity contribution < 1.29 is 17.6 Å². The molecule has 0 bridgehead atoms. The van der Waals surface area contributed by atoms with Crippen molar-refractivity contribution in [2.45, 2.75) is 28.9 Å². The molecule has 0 spiro atoms. The fraction of sp³-hybridized carbons (Fsp3) is 0.278. The average Bonchev–Trinajstić information content (AvgIpc) is 3.41. The first-order valence-corrected chi connectivity index (χ1v) is 10.7. The summed E-state index contributed by atoms with van der Waals surface area (Å²) in [5.41, 5.74) is 0. The summed E-state index contributed by atoms with van der Waals surface area (Å²) in [6, 6.07) is 12.0.